The molecule has 1 aromatic carbocycles. The minimum absolute atomic E-state index is 0.124. The number of esters is 1. The molecule has 15 heavy (non-hydrogen) atoms. The van der Waals surface area contributed by atoms with Crippen LogP contribution in [0.15, 0.2) is 24.3 Å². The molecule has 0 bridgehead atoms. The fourth-order valence-electron chi connectivity index (χ4n) is 1.84. The van der Waals surface area contributed by atoms with Crippen molar-refractivity contribution in [3.8, 4) is 0 Å². The van der Waals surface area contributed by atoms with Crippen molar-refractivity contribution in [3.63, 3.8) is 0 Å². The van der Waals surface area contributed by atoms with E-state index in [2.05, 4.69) is 0 Å². The third-order valence-corrected chi connectivity index (χ3v) is 3.30. The molecule has 0 unspecified atom stereocenters. The van der Waals surface area contributed by atoms with Crippen LogP contribution in [0.25, 0.3) is 0 Å². The average Bonchev–Trinajstić information content (AvgIpc) is 3.09. The van der Waals surface area contributed by atoms with E-state index in [4.69, 9.17) is 16.3 Å². The van der Waals surface area contributed by atoms with E-state index >= 15 is 0 Å². The number of methoxy groups -OCH3 is 1. The molecule has 1 saturated carbocycles. The van der Waals surface area contributed by atoms with Gasteiger partial charge in [0, 0.05) is 5.88 Å². The van der Waals surface area contributed by atoms with Gasteiger partial charge in [0.15, 0.2) is 0 Å². The Morgan fingerprint density at radius 2 is 2.00 bits per heavy atom. The van der Waals surface area contributed by atoms with Crippen molar-refractivity contribution >= 4 is 17.6 Å². The molecule has 0 spiro atoms. The van der Waals surface area contributed by atoms with Gasteiger partial charge in [0.25, 0.3) is 0 Å². The van der Waals surface area contributed by atoms with Gasteiger partial charge in [-0.25, -0.2) is 0 Å². The van der Waals surface area contributed by atoms with E-state index in [1.54, 1.807) is 0 Å². The van der Waals surface area contributed by atoms with Gasteiger partial charge in [-0.15, -0.1) is 11.6 Å². The van der Waals surface area contributed by atoms with Crippen LogP contribution in [-0.2, 0) is 20.8 Å². The maximum atomic E-state index is 11.6. The zero-order chi connectivity index (χ0) is 10.9. The first-order chi connectivity index (χ1) is 7.23. The number of hydrogen-bond acceptors (Lipinski definition) is 2. The Morgan fingerprint density at radius 1 is 1.40 bits per heavy atom. The summed E-state index contributed by atoms with van der Waals surface area (Å²) in [5.74, 6) is 0.382. The highest BCUT2D eigenvalue weighted by Crippen LogP contribution is 2.49. The van der Waals surface area contributed by atoms with Crippen LogP contribution in [0.3, 0.4) is 0 Å². The number of hydrogen-bond donors (Lipinski definition) is 0. The second kappa shape index (κ2) is 3.86. The van der Waals surface area contributed by atoms with Gasteiger partial charge in [-0.3, -0.25) is 4.79 Å². The van der Waals surface area contributed by atoms with E-state index in [-0.39, 0.29) is 11.4 Å². The number of rotatable bonds is 3. The highest BCUT2D eigenvalue weighted by atomic mass is 35.5. The van der Waals surface area contributed by atoms with E-state index in [0.717, 1.165) is 24.0 Å². The van der Waals surface area contributed by atoms with Crippen molar-refractivity contribution in [2.75, 3.05) is 7.11 Å². The van der Waals surface area contributed by atoms with Crippen molar-refractivity contribution in [2.45, 2.75) is 24.1 Å². The molecule has 1 aliphatic rings. The van der Waals surface area contributed by atoms with Crippen molar-refractivity contribution < 1.29 is 9.53 Å². The Labute approximate surface area is 94.2 Å². The molecular weight excluding hydrogens is 212 g/mol. The summed E-state index contributed by atoms with van der Waals surface area (Å²) in [6.45, 7) is 0. The molecule has 0 aliphatic heterocycles. The number of halogens is 1. The summed E-state index contributed by atoms with van der Waals surface area (Å²) in [5, 5.41) is 0. The second-order valence-corrected chi connectivity index (χ2v) is 4.17. The van der Waals surface area contributed by atoms with Crippen LogP contribution in [0.5, 0.6) is 0 Å². The van der Waals surface area contributed by atoms with Crippen LogP contribution in [0.1, 0.15) is 24.0 Å². The topological polar surface area (TPSA) is 26.3 Å². The Hall–Kier alpha value is -1.02. The number of benzene rings is 1. The molecular formula is C12H13ClO2. The summed E-state index contributed by atoms with van der Waals surface area (Å²) < 4.78 is 4.82. The van der Waals surface area contributed by atoms with Gasteiger partial charge in [0.2, 0.25) is 0 Å². The lowest BCUT2D eigenvalue weighted by Gasteiger charge is -2.12. The third kappa shape index (κ3) is 1.74. The summed E-state index contributed by atoms with van der Waals surface area (Å²) in [6.07, 6.45) is 1.78. The van der Waals surface area contributed by atoms with Crippen molar-refractivity contribution in [3.05, 3.63) is 35.4 Å². The lowest BCUT2D eigenvalue weighted by Crippen LogP contribution is -2.21. The van der Waals surface area contributed by atoms with Gasteiger partial charge in [-0.05, 0) is 24.0 Å². The van der Waals surface area contributed by atoms with Crippen LogP contribution in [-0.4, -0.2) is 13.1 Å². The Bertz CT molecular complexity index is 366. The average molecular weight is 225 g/mol. The summed E-state index contributed by atoms with van der Waals surface area (Å²) in [5.41, 5.74) is 1.75. The third-order valence-electron chi connectivity index (χ3n) is 2.99. The Balaban J connectivity index is 2.26. The van der Waals surface area contributed by atoms with Crippen LogP contribution >= 0.6 is 11.6 Å². The number of ether oxygens (including phenoxy) is 1. The molecule has 0 saturated heterocycles. The van der Waals surface area contributed by atoms with Gasteiger partial charge < -0.3 is 4.74 Å². The molecule has 2 rings (SSSR count). The van der Waals surface area contributed by atoms with Crippen molar-refractivity contribution in [1.29, 1.82) is 0 Å². The van der Waals surface area contributed by atoms with Gasteiger partial charge in [0.1, 0.15) is 0 Å². The maximum Gasteiger partial charge on any atom is 0.316 e. The first-order valence-electron chi connectivity index (χ1n) is 4.97. The van der Waals surface area contributed by atoms with Gasteiger partial charge in [0.05, 0.1) is 12.5 Å². The van der Waals surface area contributed by atoms with Crippen LogP contribution in [0.4, 0.5) is 0 Å². The van der Waals surface area contributed by atoms with Gasteiger partial charge >= 0.3 is 5.97 Å². The monoisotopic (exact) mass is 224 g/mol. The molecule has 1 aliphatic carbocycles. The van der Waals surface area contributed by atoms with Crippen LogP contribution in [0, 0.1) is 0 Å². The minimum Gasteiger partial charge on any atom is -0.468 e. The first kappa shape index (κ1) is 10.5. The van der Waals surface area contributed by atoms with Crippen molar-refractivity contribution in [1.82, 2.24) is 0 Å². The molecule has 0 aromatic heterocycles. The van der Waals surface area contributed by atoms with Gasteiger partial charge in [-0.2, -0.15) is 0 Å². The maximum absolute atomic E-state index is 11.6. The zero-order valence-electron chi connectivity index (χ0n) is 8.63. The molecule has 0 radical (unpaired) electrons. The molecule has 80 valence electrons. The SMILES string of the molecule is COC(=O)C1(c2ccc(CCl)cc2)CC1. The lowest BCUT2D eigenvalue weighted by atomic mass is 9.95. The fourth-order valence-corrected chi connectivity index (χ4v) is 2.02. The lowest BCUT2D eigenvalue weighted by molar-refractivity contribution is -0.143. The highest BCUT2D eigenvalue weighted by Gasteiger charge is 2.52. The van der Waals surface area contributed by atoms with E-state index in [0.29, 0.717) is 5.88 Å². The van der Waals surface area contributed by atoms with Gasteiger partial charge in [-0.1, -0.05) is 24.3 Å². The molecule has 2 nitrogen and oxygen atoms in total. The molecule has 0 N–H and O–H groups in total. The standard InChI is InChI=1S/C12H13ClO2/c1-15-11(14)12(6-7-12)10-4-2-9(8-13)3-5-10/h2-5H,6-8H2,1H3. The number of alkyl halides is 1. The molecule has 0 amide bonds. The quantitative estimate of drug-likeness (QED) is 0.583. The first-order valence-corrected chi connectivity index (χ1v) is 5.50. The molecule has 3 heteroatoms. The van der Waals surface area contributed by atoms with Crippen LogP contribution < -0.4 is 0 Å². The predicted octanol–water partition coefficient (Wildman–Crippen LogP) is 2.63. The number of carbonyl (C=O) groups is 1. The largest absolute Gasteiger partial charge is 0.468 e. The Morgan fingerprint density at radius 3 is 2.40 bits per heavy atom. The predicted molar refractivity (Wildman–Crippen MR) is 58.9 cm³/mol. The Kier molecular flexibility index (Phi) is 2.70. The smallest absolute Gasteiger partial charge is 0.316 e. The number of carbonyl (C=O) groups excluding carboxylic acids is 1. The van der Waals surface area contributed by atoms with E-state index in [1.165, 1.54) is 7.11 Å². The molecule has 0 heterocycles. The minimum atomic E-state index is -0.362. The highest BCUT2D eigenvalue weighted by molar-refractivity contribution is 6.17. The summed E-state index contributed by atoms with van der Waals surface area (Å²) in [7, 11) is 1.44. The van der Waals surface area contributed by atoms with E-state index in [9.17, 15) is 4.79 Å². The zero-order valence-corrected chi connectivity index (χ0v) is 9.38. The second-order valence-electron chi connectivity index (χ2n) is 3.90. The summed E-state index contributed by atoms with van der Waals surface area (Å²) >= 11 is 5.71. The summed E-state index contributed by atoms with van der Waals surface area (Å²) in [4.78, 5) is 11.6. The fraction of sp³-hybridized carbons (Fsp3) is 0.417. The molecule has 1 fully saturated rings. The van der Waals surface area contributed by atoms with Crippen molar-refractivity contribution in [2.24, 2.45) is 0 Å². The van der Waals surface area contributed by atoms with Crippen LogP contribution in [0.2, 0.25) is 0 Å². The molecule has 1 aromatic rings. The molecule has 0 atom stereocenters. The normalized spacial score (nSPS) is 17.2. The van der Waals surface area contributed by atoms with E-state index in [1.807, 2.05) is 24.3 Å². The van der Waals surface area contributed by atoms with E-state index < -0.39 is 0 Å². The summed E-state index contributed by atoms with van der Waals surface area (Å²) in [6, 6.07) is 7.87.